The first-order chi connectivity index (χ1) is 10.4. The van der Waals surface area contributed by atoms with Gasteiger partial charge in [-0.2, -0.15) is 0 Å². The number of nitrogens with two attached hydrogens (primary N) is 1. The van der Waals surface area contributed by atoms with Crippen molar-refractivity contribution in [3.8, 4) is 5.75 Å². The average Bonchev–Trinajstić information content (AvgIpc) is 2.46. The van der Waals surface area contributed by atoms with E-state index in [9.17, 15) is 4.79 Å². The molecule has 0 aliphatic rings. The van der Waals surface area contributed by atoms with Gasteiger partial charge in [-0.05, 0) is 31.9 Å². The molecule has 0 bridgehead atoms. The van der Waals surface area contributed by atoms with E-state index in [0.717, 1.165) is 23.3 Å². The lowest BCUT2D eigenvalue weighted by molar-refractivity contribution is -0.126. The molecule has 0 saturated heterocycles. The Morgan fingerprint density at radius 2 is 2.09 bits per heavy atom. The molecule has 5 heteroatoms. The van der Waals surface area contributed by atoms with Gasteiger partial charge >= 0.3 is 0 Å². The van der Waals surface area contributed by atoms with Gasteiger partial charge in [0.15, 0.2) is 0 Å². The maximum atomic E-state index is 12.2. The van der Waals surface area contributed by atoms with Crippen LogP contribution in [0.3, 0.4) is 0 Å². The smallest absolute Gasteiger partial charge is 0.240 e. The molecule has 1 aromatic rings. The largest absolute Gasteiger partial charge is 0.491 e. The first-order valence-electron chi connectivity index (χ1n) is 7.69. The van der Waals surface area contributed by atoms with E-state index in [1.54, 1.807) is 14.0 Å². The summed E-state index contributed by atoms with van der Waals surface area (Å²) in [4.78, 5) is 12.2. The molecule has 0 aromatic heterocycles. The molecule has 0 heterocycles. The molecule has 1 unspecified atom stereocenters. The van der Waals surface area contributed by atoms with Crippen LogP contribution in [0, 0.1) is 6.92 Å². The van der Waals surface area contributed by atoms with Gasteiger partial charge in [0.1, 0.15) is 12.4 Å². The highest BCUT2D eigenvalue weighted by atomic mass is 16.5. The van der Waals surface area contributed by atoms with Gasteiger partial charge < -0.3 is 20.5 Å². The number of amides is 1. The molecule has 0 radical (unpaired) electrons. The van der Waals surface area contributed by atoms with Gasteiger partial charge in [-0.3, -0.25) is 4.79 Å². The summed E-state index contributed by atoms with van der Waals surface area (Å²) in [7, 11) is 1.64. The summed E-state index contributed by atoms with van der Waals surface area (Å²) >= 11 is 0. The van der Waals surface area contributed by atoms with Crippen LogP contribution >= 0.6 is 0 Å². The highest BCUT2D eigenvalue weighted by molar-refractivity contribution is 5.85. The Morgan fingerprint density at radius 1 is 1.36 bits per heavy atom. The lowest BCUT2D eigenvalue weighted by atomic mass is 9.96. The van der Waals surface area contributed by atoms with E-state index in [1.807, 2.05) is 32.0 Å². The minimum absolute atomic E-state index is 0.141. The van der Waals surface area contributed by atoms with Crippen molar-refractivity contribution in [2.45, 2.75) is 45.7 Å². The summed E-state index contributed by atoms with van der Waals surface area (Å²) in [6, 6.07) is 5.93. The fourth-order valence-electron chi connectivity index (χ4n) is 2.19. The number of carbonyl (C=O) groups is 1. The summed E-state index contributed by atoms with van der Waals surface area (Å²) in [6.45, 7) is 7.18. The van der Waals surface area contributed by atoms with E-state index < -0.39 is 5.54 Å². The number of hydrogen-bond acceptors (Lipinski definition) is 4. The Bertz CT molecular complexity index is 487. The van der Waals surface area contributed by atoms with E-state index >= 15 is 0 Å². The van der Waals surface area contributed by atoms with E-state index in [1.165, 1.54) is 0 Å². The van der Waals surface area contributed by atoms with Crippen molar-refractivity contribution in [3.63, 3.8) is 0 Å². The monoisotopic (exact) mass is 308 g/mol. The second-order valence-electron chi connectivity index (χ2n) is 5.80. The van der Waals surface area contributed by atoms with E-state index in [2.05, 4.69) is 5.32 Å². The second kappa shape index (κ2) is 8.76. The number of hydrogen-bond donors (Lipinski definition) is 2. The topological polar surface area (TPSA) is 73.6 Å². The zero-order valence-corrected chi connectivity index (χ0v) is 14.1. The molecule has 1 rings (SSSR count). The predicted octanol–water partition coefficient (Wildman–Crippen LogP) is 2.15. The number of aryl methyl sites for hydroxylation is 1. The summed E-state index contributed by atoms with van der Waals surface area (Å²) in [5.74, 6) is 0.629. The third-order valence-electron chi connectivity index (χ3n) is 3.50. The molecule has 0 fully saturated rings. The fraction of sp³-hybridized carbons (Fsp3) is 0.588. The van der Waals surface area contributed by atoms with Crippen molar-refractivity contribution in [1.82, 2.24) is 5.32 Å². The predicted molar refractivity (Wildman–Crippen MR) is 87.9 cm³/mol. The van der Waals surface area contributed by atoms with Crippen molar-refractivity contribution in [2.75, 3.05) is 20.3 Å². The number of methoxy groups -OCH3 is 1. The first kappa shape index (κ1) is 18.5. The van der Waals surface area contributed by atoms with Crippen molar-refractivity contribution in [1.29, 1.82) is 0 Å². The number of benzene rings is 1. The van der Waals surface area contributed by atoms with Crippen LogP contribution in [-0.2, 0) is 16.1 Å². The van der Waals surface area contributed by atoms with Crippen molar-refractivity contribution in [3.05, 3.63) is 29.3 Å². The summed E-state index contributed by atoms with van der Waals surface area (Å²) in [6.07, 6.45) is 1.53. The maximum Gasteiger partial charge on any atom is 0.240 e. The fourth-order valence-corrected chi connectivity index (χ4v) is 2.19. The standard InChI is InChI=1S/C17H28N2O3/c1-5-8-17(3,18)16(20)19-12-14-7-6-13(2)11-15(14)22-10-9-21-4/h6-7,11H,5,8-10,12,18H2,1-4H3,(H,19,20). The van der Waals surface area contributed by atoms with Crippen LogP contribution in [0.4, 0.5) is 0 Å². The first-order valence-corrected chi connectivity index (χ1v) is 7.69. The quantitative estimate of drug-likeness (QED) is 0.686. The van der Waals surface area contributed by atoms with E-state index in [4.69, 9.17) is 15.2 Å². The third kappa shape index (κ3) is 5.66. The Morgan fingerprint density at radius 3 is 2.73 bits per heavy atom. The molecule has 1 atom stereocenters. The van der Waals surface area contributed by atoms with Crippen molar-refractivity contribution < 1.29 is 14.3 Å². The number of rotatable bonds is 9. The Kier molecular flexibility index (Phi) is 7.35. The van der Waals surface area contributed by atoms with Gasteiger partial charge in [0.2, 0.25) is 5.91 Å². The van der Waals surface area contributed by atoms with Crippen LogP contribution in [0.5, 0.6) is 5.75 Å². The van der Waals surface area contributed by atoms with Crippen LogP contribution in [-0.4, -0.2) is 31.8 Å². The maximum absolute atomic E-state index is 12.2. The molecular weight excluding hydrogens is 280 g/mol. The summed E-state index contributed by atoms with van der Waals surface area (Å²) in [5.41, 5.74) is 7.24. The lowest BCUT2D eigenvalue weighted by Crippen LogP contribution is -2.51. The summed E-state index contributed by atoms with van der Waals surface area (Å²) in [5, 5.41) is 2.90. The number of nitrogens with one attached hydrogen (secondary N) is 1. The van der Waals surface area contributed by atoms with E-state index in [-0.39, 0.29) is 5.91 Å². The molecule has 124 valence electrons. The Hall–Kier alpha value is -1.59. The van der Waals surface area contributed by atoms with Crippen LogP contribution < -0.4 is 15.8 Å². The Balaban J connectivity index is 2.70. The van der Waals surface area contributed by atoms with E-state index in [0.29, 0.717) is 26.2 Å². The molecule has 3 N–H and O–H groups in total. The van der Waals surface area contributed by atoms with Gasteiger partial charge in [-0.1, -0.05) is 25.5 Å². The van der Waals surface area contributed by atoms with Gasteiger partial charge in [-0.25, -0.2) is 0 Å². The molecular formula is C17H28N2O3. The molecule has 0 aliphatic carbocycles. The Labute approximate surface area is 133 Å². The SMILES string of the molecule is CCCC(C)(N)C(=O)NCc1ccc(C)cc1OCCOC. The van der Waals surface area contributed by atoms with Crippen LogP contribution in [0.1, 0.15) is 37.8 Å². The van der Waals surface area contributed by atoms with Crippen LogP contribution in [0.2, 0.25) is 0 Å². The van der Waals surface area contributed by atoms with Crippen LogP contribution in [0.25, 0.3) is 0 Å². The van der Waals surface area contributed by atoms with Gasteiger partial charge in [0, 0.05) is 19.2 Å². The lowest BCUT2D eigenvalue weighted by Gasteiger charge is -2.23. The minimum Gasteiger partial charge on any atom is -0.491 e. The number of carbonyl (C=O) groups excluding carboxylic acids is 1. The second-order valence-corrected chi connectivity index (χ2v) is 5.80. The molecule has 0 spiro atoms. The zero-order valence-electron chi connectivity index (χ0n) is 14.1. The normalized spacial score (nSPS) is 13.5. The van der Waals surface area contributed by atoms with Crippen molar-refractivity contribution >= 4 is 5.91 Å². The highest BCUT2D eigenvalue weighted by Gasteiger charge is 2.26. The molecule has 1 aromatic carbocycles. The summed E-state index contributed by atoms with van der Waals surface area (Å²) < 4.78 is 10.7. The van der Waals surface area contributed by atoms with Crippen molar-refractivity contribution in [2.24, 2.45) is 5.73 Å². The third-order valence-corrected chi connectivity index (χ3v) is 3.50. The average molecular weight is 308 g/mol. The highest BCUT2D eigenvalue weighted by Crippen LogP contribution is 2.20. The molecule has 5 nitrogen and oxygen atoms in total. The molecule has 0 aliphatic heterocycles. The molecule has 0 saturated carbocycles. The number of ether oxygens (including phenoxy) is 2. The van der Waals surface area contributed by atoms with Gasteiger partial charge in [0.25, 0.3) is 0 Å². The molecule has 1 amide bonds. The minimum atomic E-state index is -0.837. The van der Waals surface area contributed by atoms with Gasteiger partial charge in [-0.15, -0.1) is 0 Å². The van der Waals surface area contributed by atoms with Crippen LogP contribution in [0.15, 0.2) is 18.2 Å². The molecule has 22 heavy (non-hydrogen) atoms. The zero-order chi connectivity index (χ0) is 16.6. The van der Waals surface area contributed by atoms with Gasteiger partial charge in [0.05, 0.1) is 12.1 Å².